The van der Waals surface area contributed by atoms with Crippen LogP contribution in [-0.4, -0.2) is 56.5 Å². The van der Waals surface area contributed by atoms with Crippen molar-refractivity contribution in [2.75, 3.05) is 40.4 Å². The zero-order valence-electron chi connectivity index (χ0n) is 13.8. The molecule has 120 valence electrons. The lowest BCUT2D eigenvalue weighted by Gasteiger charge is -2.24. The number of nitrogens with one attached hydrogen (secondary N) is 1. The van der Waals surface area contributed by atoms with E-state index in [1.807, 2.05) is 7.05 Å². The average Bonchev–Trinajstić information content (AvgIpc) is 2.44. The van der Waals surface area contributed by atoms with E-state index >= 15 is 0 Å². The van der Waals surface area contributed by atoms with E-state index in [2.05, 4.69) is 48.3 Å². The minimum absolute atomic E-state index is 0.359. The first kappa shape index (κ1) is 18.1. The molecule has 0 radical (unpaired) electrons. The predicted octanol–water partition coefficient (Wildman–Crippen LogP) is 1.97. The van der Waals surface area contributed by atoms with Crippen molar-refractivity contribution >= 4 is 0 Å². The third kappa shape index (κ3) is 7.05. The molecule has 0 aliphatic rings. The van der Waals surface area contributed by atoms with Gasteiger partial charge >= 0.3 is 0 Å². The molecular weight excluding hydrogens is 264 g/mol. The van der Waals surface area contributed by atoms with Gasteiger partial charge in [-0.3, -0.25) is 0 Å². The standard InChI is InChI=1S/C17H30N2O2/c1-5-18-17(15-8-6-14(2)7-9-15)10-11-19(3)12-16(20)13-21-4/h6-9,16-18,20H,5,10-13H2,1-4H3. The number of methoxy groups -OCH3 is 1. The van der Waals surface area contributed by atoms with Gasteiger partial charge in [0.25, 0.3) is 0 Å². The normalized spacial score (nSPS) is 14.4. The Morgan fingerprint density at radius 3 is 2.52 bits per heavy atom. The molecule has 2 unspecified atom stereocenters. The Labute approximate surface area is 129 Å². The van der Waals surface area contributed by atoms with Crippen LogP contribution in [-0.2, 0) is 4.74 Å². The van der Waals surface area contributed by atoms with E-state index in [-0.39, 0.29) is 0 Å². The highest BCUT2D eigenvalue weighted by Crippen LogP contribution is 2.17. The highest BCUT2D eigenvalue weighted by Gasteiger charge is 2.13. The molecule has 0 amide bonds. The molecule has 21 heavy (non-hydrogen) atoms. The fourth-order valence-electron chi connectivity index (χ4n) is 2.48. The maximum absolute atomic E-state index is 9.75. The van der Waals surface area contributed by atoms with Gasteiger partial charge in [0, 0.05) is 19.7 Å². The molecule has 1 aromatic carbocycles. The van der Waals surface area contributed by atoms with Crippen LogP contribution in [0.3, 0.4) is 0 Å². The fraction of sp³-hybridized carbons (Fsp3) is 0.647. The van der Waals surface area contributed by atoms with E-state index in [4.69, 9.17) is 4.74 Å². The molecule has 4 heteroatoms. The number of nitrogens with zero attached hydrogens (tertiary/aromatic N) is 1. The summed E-state index contributed by atoms with van der Waals surface area (Å²) in [5, 5.41) is 13.3. The van der Waals surface area contributed by atoms with Crippen LogP contribution in [0.2, 0.25) is 0 Å². The molecule has 0 aromatic heterocycles. The summed E-state index contributed by atoms with van der Waals surface area (Å²) in [7, 11) is 3.65. The summed E-state index contributed by atoms with van der Waals surface area (Å²) in [6.07, 6.45) is 0.601. The summed E-state index contributed by atoms with van der Waals surface area (Å²) in [5.41, 5.74) is 2.61. The number of rotatable bonds is 10. The fourth-order valence-corrected chi connectivity index (χ4v) is 2.48. The van der Waals surface area contributed by atoms with Crippen molar-refractivity contribution < 1.29 is 9.84 Å². The van der Waals surface area contributed by atoms with Crippen LogP contribution >= 0.6 is 0 Å². The number of hydrogen-bond donors (Lipinski definition) is 2. The van der Waals surface area contributed by atoms with E-state index in [0.29, 0.717) is 19.2 Å². The lowest BCUT2D eigenvalue weighted by Crippen LogP contribution is -2.34. The van der Waals surface area contributed by atoms with Crippen molar-refractivity contribution in [3.63, 3.8) is 0 Å². The van der Waals surface area contributed by atoms with Crippen LogP contribution in [0.15, 0.2) is 24.3 Å². The molecule has 0 fully saturated rings. The third-order valence-corrected chi connectivity index (χ3v) is 3.61. The van der Waals surface area contributed by atoms with E-state index in [9.17, 15) is 5.11 Å². The van der Waals surface area contributed by atoms with Crippen LogP contribution in [0.4, 0.5) is 0 Å². The first-order chi connectivity index (χ1) is 10.1. The third-order valence-electron chi connectivity index (χ3n) is 3.61. The smallest absolute Gasteiger partial charge is 0.0899 e. The Morgan fingerprint density at radius 2 is 1.95 bits per heavy atom. The molecule has 0 bridgehead atoms. The number of benzene rings is 1. The zero-order valence-corrected chi connectivity index (χ0v) is 13.8. The molecule has 4 nitrogen and oxygen atoms in total. The van der Waals surface area contributed by atoms with Crippen molar-refractivity contribution in [2.45, 2.75) is 32.4 Å². The molecule has 0 heterocycles. The molecule has 0 saturated heterocycles. The van der Waals surface area contributed by atoms with Gasteiger partial charge in [-0.05, 0) is 39.0 Å². The summed E-state index contributed by atoms with van der Waals surface area (Å²) in [6.45, 7) is 7.16. The number of aliphatic hydroxyl groups excluding tert-OH is 1. The van der Waals surface area contributed by atoms with Crippen molar-refractivity contribution in [3.05, 3.63) is 35.4 Å². The number of aliphatic hydroxyl groups is 1. The maximum atomic E-state index is 9.75. The minimum Gasteiger partial charge on any atom is -0.389 e. The molecule has 0 aliphatic heterocycles. The predicted molar refractivity (Wildman–Crippen MR) is 87.6 cm³/mol. The minimum atomic E-state index is -0.419. The molecule has 2 N–H and O–H groups in total. The number of aryl methyl sites for hydroxylation is 1. The second-order valence-corrected chi connectivity index (χ2v) is 5.68. The van der Waals surface area contributed by atoms with Gasteiger partial charge in [-0.25, -0.2) is 0 Å². The summed E-state index contributed by atoms with van der Waals surface area (Å²) in [6, 6.07) is 9.07. The van der Waals surface area contributed by atoms with Crippen LogP contribution in [0, 0.1) is 6.92 Å². The monoisotopic (exact) mass is 294 g/mol. The lowest BCUT2D eigenvalue weighted by atomic mass is 10.0. The molecule has 0 saturated carbocycles. The maximum Gasteiger partial charge on any atom is 0.0899 e. The van der Waals surface area contributed by atoms with E-state index in [0.717, 1.165) is 19.5 Å². The Kier molecular flexibility index (Phi) is 8.54. The van der Waals surface area contributed by atoms with Crippen LogP contribution < -0.4 is 5.32 Å². The summed E-state index contributed by atoms with van der Waals surface area (Å²) in [5.74, 6) is 0. The Hall–Kier alpha value is -0.940. The first-order valence-electron chi connectivity index (χ1n) is 7.72. The summed E-state index contributed by atoms with van der Waals surface area (Å²) in [4.78, 5) is 2.15. The van der Waals surface area contributed by atoms with Gasteiger partial charge in [0.15, 0.2) is 0 Å². The first-order valence-corrected chi connectivity index (χ1v) is 7.72. The Balaban J connectivity index is 2.49. The second-order valence-electron chi connectivity index (χ2n) is 5.68. The zero-order chi connectivity index (χ0) is 15.7. The van der Waals surface area contributed by atoms with Crippen molar-refractivity contribution in [1.82, 2.24) is 10.2 Å². The highest BCUT2D eigenvalue weighted by atomic mass is 16.5. The van der Waals surface area contributed by atoms with E-state index in [1.165, 1.54) is 11.1 Å². The van der Waals surface area contributed by atoms with Gasteiger partial charge in [0.05, 0.1) is 12.7 Å². The van der Waals surface area contributed by atoms with Gasteiger partial charge in [0.1, 0.15) is 0 Å². The Morgan fingerprint density at radius 1 is 1.29 bits per heavy atom. The van der Waals surface area contributed by atoms with E-state index < -0.39 is 6.10 Å². The number of hydrogen-bond acceptors (Lipinski definition) is 4. The molecule has 1 rings (SSSR count). The molecular formula is C17H30N2O2. The molecule has 0 aliphatic carbocycles. The summed E-state index contributed by atoms with van der Waals surface area (Å²) >= 11 is 0. The lowest BCUT2D eigenvalue weighted by molar-refractivity contribution is 0.0426. The molecule has 2 atom stereocenters. The quantitative estimate of drug-likeness (QED) is 0.692. The van der Waals surface area contributed by atoms with Gasteiger partial charge in [-0.15, -0.1) is 0 Å². The highest BCUT2D eigenvalue weighted by molar-refractivity contribution is 5.24. The van der Waals surface area contributed by atoms with Crippen LogP contribution in [0.25, 0.3) is 0 Å². The Bertz CT molecular complexity index is 381. The average molecular weight is 294 g/mol. The van der Waals surface area contributed by atoms with Crippen LogP contribution in [0.5, 0.6) is 0 Å². The van der Waals surface area contributed by atoms with Crippen molar-refractivity contribution in [3.8, 4) is 0 Å². The van der Waals surface area contributed by atoms with Gasteiger partial charge < -0.3 is 20.1 Å². The molecule has 1 aromatic rings. The largest absolute Gasteiger partial charge is 0.389 e. The second kappa shape index (κ2) is 9.90. The van der Waals surface area contributed by atoms with Crippen molar-refractivity contribution in [2.24, 2.45) is 0 Å². The van der Waals surface area contributed by atoms with Crippen LogP contribution in [0.1, 0.15) is 30.5 Å². The molecule has 0 spiro atoms. The van der Waals surface area contributed by atoms with E-state index in [1.54, 1.807) is 7.11 Å². The van der Waals surface area contributed by atoms with Gasteiger partial charge in [0.2, 0.25) is 0 Å². The van der Waals surface area contributed by atoms with Gasteiger partial charge in [-0.1, -0.05) is 36.8 Å². The number of likely N-dealkylation sites (N-methyl/N-ethyl adjacent to an activating group) is 1. The topological polar surface area (TPSA) is 44.7 Å². The van der Waals surface area contributed by atoms with Gasteiger partial charge in [-0.2, -0.15) is 0 Å². The SMILES string of the molecule is CCNC(CCN(C)CC(O)COC)c1ccc(C)cc1. The summed E-state index contributed by atoms with van der Waals surface area (Å²) < 4.78 is 4.96. The number of ether oxygens (including phenoxy) is 1. The van der Waals surface area contributed by atoms with Crippen molar-refractivity contribution in [1.29, 1.82) is 0 Å².